The zero-order valence-corrected chi connectivity index (χ0v) is 20.0. The Labute approximate surface area is 205 Å². The normalized spacial score (nSPS) is 11.1. The Morgan fingerprint density at radius 3 is 2.51 bits per heavy atom. The zero-order chi connectivity index (χ0) is 24.4. The third-order valence-electron chi connectivity index (χ3n) is 5.68. The van der Waals surface area contributed by atoms with Crippen LogP contribution in [-0.2, 0) is 6.54 Å². The fourth-order valence-electron chi connectivity index (χ4n) is 4.11. The molecule has 35 heavy (non-hydrogen) atoms. The molecule has 0 aliphatic carbocycles. The van der Waals surface area contributed by atoms with Crippen molar-refractivity contribution in [3.63, 3.8) is 0 Å². The lowest BCUT2D eigenvalue weighted by Crippen LogP contribution is -2.10. The minimum atomic E-state index is -1.38. The van der Waals surface area contributed by atoms with Gasteiger partial charge in [0.25, 0.3) is 0 Å². The topological polar surface area (TPSA) is 95.7 Å². The predicted molar refractivity (Wildman–Crippen MR) is 135 cm³/mol. The van der Waals surface area contributed by atoms with Gasteiger partial charge in [-0.15, -0.1) is 0 Å². The largest absolute Gasteiger partial charge is 0.512 e. The number of carbonyl (C=O) groups is 1. The quantitative estimate of drug-likeness (QED) is 0.259. The molecule has 1 N–H and O–H groups in total. The van der Waals surface area contributed by atoms with E-state index < -0.39 is 6.16 Å². The molecule has 0 saturated carbocycles. The van der Waals surface area contributed by atoms with Gasteiger partial charge in [0.15, 0.2) is 0 Å². The van der Waals surface area contributed by atoms with Gasteiger partial charge < -0.3 is 23.9 Å². The van der Waals surface area contributed by atoms with Crippen LogP contribution in [0.4, 0.5) is 4.79 Å². The molecule has 2 aromatic heterocycles. The van der Waals surface area contributed by atoms with E-state index in [1.54, 1.807) is 7.11 Å². The van der Waals surface area contributed by atoms with Crippen molar-refractivity contribution >= 4 is 39.8 Å². The molecule has 3 aromatic carbocycles. The Hall–Kier alpha value is -4.11. The smallest absolute Gasteiger partial charge is 0.497 e. The number of nitrogens with zero attached hydrogens (tertiary/aromatic N) is 3. The monoisotopic (exact) mass is 489 g/mol. The van der Waals surface area contributed by atoms with Crippen LogP contribution < -0.4 is 14.2 Å². The fourth-order valence-corrected chi connectivity index (χ4v) is 4.63. The molecule has 0 unspecified atom stereocenters. The SMILES string of the molecule is CCCOc1ccc2c(c1)c(-c1ccc(OC)cc1)c(OC(=O)O)n2Cc1ccc2nsnc2c1. The molecule has 5 aromatic rings. The van der Waals surface area contributed by atoms with Crippen molar-refractivity contribution in [2.24, 2.45) is 0 Å². The van der Waals surface area contributed by atoms with Crippen LogP contribution in [0, 0.1) is 0 Å². The fraction of sp³-hybridized carbons (Fsp3) is 0.192. The summed E-state index contributed by atoms with van der Waals surface area (Å²) in [6.07, 6.45) is -0.503. The highest BCUT2D eigenvalue weighted by Gasteiger charge is 2.23. The molecule has 0 aliphatic heterocycles. The van der Waals surface area contributed by atoms with Gasteiger partial charge in [0, 0.05) is 5.39 Å². The summed E-state index contributed by atoms with van der Waals surface area (Å²) in [6.45, 7) is 3.02. The van der Waals surface area contributed by atoms with Crippen molar-refractivity contribution in [2.75, 3.05) is 13.7 Å². The van der Waals surface area contributed by atoms with Crippen LogP contribution in [-0.4, -0.2) is 38.3 Å². The first kappa shape index (κ1) is 22.7. The van der Waals surface area contributed by atoms with Crippen LogP contribution >= 0.6 is 11.7 Å². The number of aromatic nitrogens is 3. The minimum Gasteiger partial charge on any atom is -0.497 e. The first-order valence-corrected chi connectivity index (χ1v) is 11.9. The van der Waals surface area contributed by atoms with Gasteiger partial charge in [0.2, 0.25) is 5.88 Å². The van der Waals surface area contributed by atoms with Crippen molar-refractivity contribution < 1.29 is 24.1 Å². The molecule has 0 atom stereocenters. The highest BCUT2D eigenvalue weighted by molar-refractivity contribution is 7.00. The second kappa shape index (κ2) is 9.63. The number of fused-ring (bicyclic) bond motifs is 2. The number of rotatable bonds is 8. The van der Waals surface area contributed by atoms with Gasteiger partial charge in [0.1, 0.15) is 22.5 Å². The zero-order valence-electron chi connectivity index (χ0n) is 19.2. The van der Waals surface area contributed by atoms with Crippen LogP contribution in [0.5, 0.6) is 17.4 Å². The molecule has 2 heterocycles. The van der Waals surface area contributed by atoms with E-state index in [1.165, 1.54) is 0 Å². The maximum atomic E-state index is 11.8. The highest BCUT2D eigenvalue weighted by Crippen LogP contribution is 2.42. The third kappa shape index (κ3) is 4.50. The average Bonchev–Trinajstić information content (AvgIpc) is 3.45. The van der Waals surface area contributed by atoms with Crippen LogP contribution in [0.3, 0.4) is 0 Å². The van der Waals surface area contributed by atoms with E-state index in [9.17, 15) is 9.90 Å². The van der Waals surface area contributed by atoms with E-state index in [0.717, 1.165) is 51.2 Å². The number of carboxylic acid groups (broad SMARTS) is 1. The maximum absolute atomic E-state index is 11.8. The molecule has 0 amide bonds. The summed E-state index contributed by atoms with van der Waals surface area (Å²) in [5, 5.41) is 10.5. The molecule has 178 valence electrons. The van der Waals surface area contributed by atoms with E-state index in [2.05, 4.69) is 8.75 Å². The van der Waals surface area contributed by atoms with Gasteiger partial charge in [0.05, 0.1) is 43.1 Å². The van der Waals surface area contributed by atoms with Gasteiger partial charge in [-0.1, -0.05) is 25.1 Å². The lowest BCUT2D eigenvalue weighted by Gasteiger charge is -2.11. The van der Waals surface area contributed by atoms with Gasteiger partial charge in [-0.2, -0.15) is 8.75 Å². The first-order valence-electron chi connectivity index (χ1n) is 11.1. The lowest BCUT2D eigenvalue weighted by atomic mass is 10.0. The van der Waals surface area contributed by atoms with Crippen LogP contribution in [0.15, 0.2) is 60.7 Å². The Balaban J connectivity index is 1.72. The van der Waals surface area contributed by atoms with Crippen LogP contribution in [0.1, 0.15) is 18.9 Å². The summed E-state index contributed by atoms with van der Waals surface area (Å²) in [5.74, 6) is 1.65. The second-order valence-electron chi connectivity index (χ2n) is 7.98. The van der Waals surface area contributed by atoms with Gasteiger partial charge in [-0.25, -0.2) is 4.79 Å². The van der Waals surface area contributed by atoms with E-state index in [4.69, 9.17) is 14.2 Å². The van der Waals surface area contributed by atoms with Crippen molar-refractivity contribution in [3.05, 3.63) is 66.2 Å². The Bertz CT molecular complexity index is 1510. The first-order chi connectivity index (χ1) is 17.1. The van der Waals surface area contributed by atoms with Crippen molar-refractivity contribution in [1.29, 1.82) is 0 Å². The van der Waals surface area contributed by atoms with Crippen LogP contribution in [0.2, 0.25) is 0 Å². The summed E-state index contributed by atoms with van der Waals surface area (Å²) in [4.78, 5) is 11.8. The molecular formula is C26H23N3O5S. The molecule has 0 bridgehead atoms. The molecule has 8 nitrogen and oxygen atoms in total. The molecule has 0 saturated heterocycles. The number of methoxy groups -OCH3 is 1. The maximum Gasteiger partial charge on any atom is 0.512 e. The van der Waals surface area contributed by atoms with E-state index in [-0.39, 0.29) is 5.88 Å². The second-order valence-corrected chi connectivity index (χ2v) is 8.51. The molecule has 0 radical (unpaired) electrons. The highest BCUT2D eigenvalue weighted by atomic mass is 32.1. The average molecular weight is 490 g/mol. The number of hydrogen-bond acceptors (Lipinski definition) is 7. The Morgan fingerprint density at radius 2 is 1.77 bits per heavy atom. The number of ether oxygens (including phenoxy) is 3. The predicted octanol–water partition coefficient (Wildman–Crippen LogP) is 6.22. The van der Waals surface area contributed by atoms with Gasteiger partial charge >= 0.3 is 6.16 Å². The summed E-state index contributed by atoms with van der Waals surface area (Å²) < 4.78 is 27.1. The Morgan fingerprint density at radius 1 is 1.00 bits per heavy atom. The van der Waals surface area contributed by atoms with Crippen molar-refractivity contribution in [3.8, 4) is 28.5 Å². The van der Waals surface area contributed by atoms with E-state index in [0.29, 0.717) is 30.2 Å². The van der Waals surface area contributed by atoms with Gasteiger partial charge in [-0.05, 0) is 60.0 Å². The van der Waals surface area contributed by atoms with Crippen molar-refractivity contribution in [1.82, 2.24) is 13.3 Å². The molecule has 9 heteroatoms. The number of hydrogen-bond donors (Lipinski definition) is 1. The summed E-state index contributed by atoms with van der Waals surface area (Å²) in [5.41, 5.74) is 4.88. The third-order valence-corrected chi connectivity index (χ3v) is 6.24. The summed E-state index contributed by atoms with van der Waals surface area (Å²) >= 11 is 1.16. The van der Waals surface area contributed by atoms with E-state index >= 15 is 0 Å². The summed E-state index contributed by atoms with van der Waals surface area (Å²) in [6, 6.07) is 19.1. The minimum absolute atomic E-state index is 0.238. The Kier molecular flexibility index (Phi) is 6.24. The summed E-state index contributed by atoms with van der Waals surface area (Å²) in [7, 11) is 1.60. The van der Waals surface area contributed by atoms with Crippen molar-refractivity contribution in [2.45, 2.75) is 19.9 Å². The number of benzene rings is 3. The van der Waals surface area contributed by atoms with Crippen LogP contribution in [0.25, 0.3) is 33.1 Å². The molecular weight excluding hydrogens is 466 g/mol. The molecule has 0 fully saturated rings. The van der Waals surface area contributed by atoms with Gasteiger partial charge in [-0.3, -0.25) is 0 Å². The molecule has 0 spiro atoms. The molecule has 5 rings (SSSR count). The lowest BCUT2D eigenvalue weighted by molar-refractivity contribution is 0.141. The molecule has 0 aliphatic rings. The standard InChI is InChI=1S/C26H23N3O5S/c1-3-12-33-19-9-11-23-20(14-19)24(17-5-7-18(32-2)8-6-17)25(34-26(30)31)29(23)15-16-4-10-21-22(13-16)28-35-27-21/h4-11,13-14H,3,12,15H2,1-2H3,(H,30,31). The van der Waals surface area contributed by atoms with E-state index in [1.807, 2.05) is 72.2 Å².